The van der Waals surface area contributed by atoms with E-state index in [-0.39, 0.29) is 101 Å². The number of aliphatic carboxylic acids is 2. The number of ether oxygens (including phenoxy) is 1. The molecule has 0 unspecified atom stereocenters. The highest BCUT2D eigenvalue weighted by Crippen LogP contribution is 2.40. The summed E-state index contributed by atoms with van der Waals surface area (Å²) in [7, 11) is 0. The molecule has 488 valence electrons. The Kier molecular flexibility index (Phi) is 23.2. The smallest absolute Gasteiger partial charge is 0.481 e. The number of aliphatic imine (C=N–C) groups is 1. The van der Waals surface area contributed by atoms with Gasteiger partial charge < -0.3 is 78.1 Å². The Hall–Kier alpha value is -10.8. The summed E-state index contributed by atoms with van der Waals surface area (Å²) in [6.07, 6.45) is -4.73. The number of nitrogens with two attached hydrogens (primary N) is 2. The molecule has 0 bridgehead atoms. The second-order valence-corrected chi connectivity index (χ2v) is 21.2. The standard InChI is InChI=1S/C58H65N13O14.C2HF3O2/c1-2-58(83)39-25-45-50-37(30-71(45)55(81)38(39)31-84-56(58)82)36(35-11-6-7-12-40(35)67-50)28-65-85-22-21-61-46(72)18-19-47(73)63-27-34-16-14-33(15-17-34)24-43-52(78)68-41(13-8-20-62-57(59)60)51(77)64-29-48(74)66-44(26-49(75)76)54(80)70-42(53(79)69-43)23-32-9-4-3-5-10-32;3-2(4,5)1(6)7/h3-7,9-12,14-17,25,28,41-44,83H,2,8,13,18-24,26-27,29-31H2,1H3,(H,61,72)(H,63,73)(H,64,77)(H,66,74)(H,68,78)(H,69,79)(H,70,80)(H,75,76)(H4,59,60,62);(H,6,7)/b65-28-;/t41-,42+,43-,44-,58-;/m0./s1. The number of carboxylic acid groups (broad SMARTS) is 2. The summed E-state index contributed by atoms with van der Waals surface area (Å²) in [5.74, 6) is -10.4. The molecule has 3 aromatic carbocycles. The second-order valence-electron chi connectivity index (χ2n) is 21.2. The Morgan fingerprint density at radius 2 is 1.39 bits per heavy atom. The van der Waals surface area contributed by atoms with Gasteiger partial charge in [0.1, 0.15) is 37.4 Å². The SMILES string of the molecule is CC[C@@]1(O)C(=O)OCc2c1cc1n(c2=O)Cc2c-1nc1ccccc1c2/C=N\OCCNC(=O)CCC(=O)NCc1ccc(C[C@@H]2NC(=O)[C@@H](Cc3ccccc3)NC(=O)[C@H](CC(=O)O)NC(=O)CNC(=O)[C@H](CCCN=C(N)N)NC2=O)cc1.O=C(O)C(F)(F)F. The van der Waals surface area contributed by atoms with Crippen LogP contribution in [0.4, 0.5) is 13.2 Å². The average molecular weight is 1280 g/mol. The third-order valence-electron chi connectivity index (χ3n) is 14.8. The fraction of sp³-hybridized carbons (Fsp3) is 0.367. The zero-order valence-electron chi connectivity index (χ0n) is 49.3. The number of fused-ring (bicyclic) bond motifs is 5. The van der Waals surface area contributed by atoms with Crippen LogP contribution in [0.3, 0.4) is 0 Å². The van der Waals surface area contributed by atoms with Crippen LogP contribution < -0.4 is 54.2 Å². The van der Waals surface area contributed by atoms with E-state index in [4.69, 9.17) is 35.9 Å². The lowest BCUT2D eigenvalue weighted by atomic mass is 9.86. The summed E-state index contributed by atoms with van der Waals surface area (Å²) >= 11 is 0. The average Bonchev–Trinajstić information content (AvgIpc) is 1.35. The minimum Gasteiger partial charge on any atom is -0.481 e. The van der Waals surface area contributed by atoms with E-state index in [0.717, 1.165) is 5.39 Å². The van der Waals surface area contributed by atoms with Crippen molar-refractivity contribution in [2.45, 2.75) is 114 Å². The highest BCUT2D eigenvalue weighted by atomic mass is 19.4. The predicted octanol–water partition coefficient (Wildman–Crippen LogP) is -0.341. The van der Waals surface area contributed by atoms with Gasteiger partial charge in [-0.15, -0.1) is 0 Å². The number of guanidine groups is 1. The zero-order valence-corrected chi connectivity index (χ0v) is 49.3. The number of aliphatic hydroxyl groups is 1. The van der Waals surface area contributed by atoms with Crippen LogP contribution in [-0.2, 0) is 95.7 Å². The van der Waals surface area contributed by atoms with Gasteiger partial charge in [0.15, 0.2) is 11.6 Å². The molecule has 14 N–H and O–H groups in total. The van der Waals surface area contributed by atoms with Crippen molar-refractivity contribution in [2.24, 2.45) is 21.6 Å². The normalized spacial score (nSPS) is 19.1. The number of amides is 7. The number of aromatic nitrogens is 2. The number of carboxylic acids is 2. The van der Waals surface area contributed by atoms with E-state index in [0.29, 0.717) is 44.7 Å². The molecule has 1 fully saturated rings. The monoisotopic (exact) mass is 1280 g/mol. The molecule has 0 radical (unpaired) electrons. The Balaban J connectivity index is 0.00000162. The molecule has 1 saturated heterocycles. The Morgan fingerprint density at radius 3 is 2.02 bits per heavy atom. The number of pyridine rings is 2. The first-order chi connectivity index (χ1) is 43.8. The zero-order chi connectivity index (χ0) is 66.9. The Morgan fingerprint density at radius 1 is 0.793 bits per heavy atom. The van der Waals surface area contributed by atoms with E-state index in [1.165, 1.54) is 10.8 Å². The largest absolute Gasteiger partial charge is 0.490 e. The van der Waals surface area contributed by atoms with Crippen LogP contribution in [0, 0.1) is 0 Å². The molecule has 5 heterocycles. The highest BCUT2D eigenvalue weighted by Gasteiger charge is 2.46. The number of esters is 1. The topological polar surface area (TPSA) is 446 Å². The maximum absolute atomic E-state index is 14.2. The van der Waals surface area contributed by atoms with E-state index in [9.17, 15) is 71.3 Å². The Labute approximate surface area is 520 Å². The molecule has 5 aromatic rings. The quantitative estimate of drug-likeness (QED) is 0.0144. The molecule has 0 saturated carbocycles. The number of carbonyl (C=O) groups excluding carboxylic acids is 8. The van der Waals surface area contributed by atoms with Gasteiger partial charge in [0, 0.05) is 60.8 Å². The number of hydrogen-bond donors (Lipinski definition) is 12. The van der Waals surface area contributed by atoms with Gasteiger partial charge in [-0.25, -0.2) is 14.6 Å². The first kappa shape index (κ1) is 68.7. The molecule has 3 aliphatic heterocycles. The van der Waals surface area contributed by atoms with Crippen molar-refractivity contribution in [2.75, 3.05) is 26.2 Å². The first-order valence-corrected chi connectivity index (χ1v) is 28.7. The summed E-state index contributed by atoms with van der Waals surface area (Å²) in [5.41, 5.74) is 13.6. The number of oxime groups is 1. The van der Waals surface area contributed by atoms with Crippen LogP contribution in [0.5, 0.6) is 0 Å². The molecule has 0 aliphatic carbocycles. The van der Waals surface area contributed by atoms with Gasteiger partial charge in [-0.05, 0) is 48.1 Å². The number of alkyl halides is 3. The molecule has 3 aliphatic rings. The van der Waals surface area contributed by atoms with Crippen LogP contribution in [0.15, 0.2) is 99.9 Å². The molecule has 8 rings (SSSR count). The predicted molar refractivity (Wildman–Crippen MR) is 319 cm³/mol. The lowest BCUT2D eigenvalue weighted by Crippen LogP contribution is -2.58. The molecule has 0 spiro atoms. The van der Waals surface area contributed by atoms with Crippen molar-refractivity contribution in [1.29, 1.82) is 0 Å². The maximum Gasteiger partial charge on any atom is 0.490 e. The summed E-state index contributed by atoms with van der Waals surface area (Å²) in [5, 5.41) is 51.0. The number of benzene rings is 3. The van der Waals surface area contributed by atoms with Crippen molar-refractivity contribution in [3.63, 3.8) is 0 Å². The summed E-state index contributed by atoms with van der Waals surface area (Å²) < 4.78 is 38.5. The lowest BCUT2D eigenvalue weighted by Gasteiger charge is -2.31. The van der Waals surface area contributed by atoms with Gasteiger partial charge in [-0.1, -0.05) is 84.9 Å². The minimum atomic E-state index is -5.08. The third kappa shape index (κ3) is 18.2. The molecule has 7 amide bonds. The van der Waals surface area contributed by atoms with E-state index < -0.39 is 114 Å². The van der Waals surface area contributed by atoms with Crippen LogP contribution in [-0.4, -0.2) is 153 Å². The first-order valence-electron chi connectivity index (χ1n) is 28.7. The van der Waals surface area contributed by atoms with Crippen LogP contribution in [0.1, 0.15) is 84.4 Å². The molecular formula is C60H66F3N13O16. The number of cyclic esters (lactones) is 1. The van der Waals surface area contributed by atoms with E-state index in [1.54, 1.807) is 67.6 Å². The number of nitrogens with zero attached hydrogens (tertiary/aromatic N) is 4. The van der Waals surface area contributed by atoms with Gasteiger partial charge in [0.05, 0.1) is 54.7 Å². The van der Waals surface area contributed by atoms with Crippen molar-refractivity contribution >= 4 is 82.3 Å². The van der Waals surface area contributed by atoms with Gasteiger partial charge in [0.25, 0.3) is 5.56 Å². The molecule has 32 heteroatoms. The van der Waals surface area contributed by atoms with Gasteiger partial charge in [0.2, 0.25) is 41.4 Å². The summed E-state index contributed by atoms with van der Waals surface area (Å²) in [6, 6.07) is 18.6. The summed E-state index contributed by atoms with van der Waals surface area (Å²) in [6.45, 7) is 1.03. The molecule has 2 aromatic heterocycles. The lowest BCUT2D eigenvalue weighted by molar-refractivity contribution is -0.192. The molecular weight excluding hydrogens is 1220 g/mol. The van der Waals surface area contributed by atoms with E-state index >= 15 is 0 Å². The molecule has 5 atom stereocenters. The Bertz CT molecular complexity index is 3750. The van der Waals surface area contributed by atoms with Crippen LogP contribution >= 0.6 is 0 Å². The molecule has 29 nitrogen and oxygen atoms in total. The van der Waals surface area contributed by atoms with Crippen molar-refractivity contribution in [3.8, 4) is 11.4 Å². The number of carbonyl (C=O) groups is 10. The van der Waals surface area contributed by atoms with Crippen LogP contribution in [0.25, 0.3) is 22.3 Å². The maximum atomic E-state index is 14.2. The third-order valence-corrected chi connectivity index (χ3v) is 14.8. The van der Waals surface area contributed by atoms with Gasteiger partial charge >= 0.3 is 24.1 Å². The van der Waals surface area contributed by atoms with Crippen molar-refractivity contribution < 1.29 is 86.0 Å². The van der Waals surface area contributed by atoms with E-state index in [1.807, 2.05) is 24.3 Å². The van der Waals surface area contributed by atoms with E-state index in [2.05, 4.69) is 47.4 Å². The summed E-state index contributed by atoms with van der Waals surface area (Å²) in [4.78, 5) is 156. The number of para-hydroxylation sites is 1. The molecule has 92 heavy (non-hydrogen) atoms. The van der Waals surface area contributed by atoms with Crippen molar-refractivity contribution in [3.05, 3.63) is 134 Å². The fourth-order valence-corrected chi connectivity index (χ4v) is 10.00. The van der Waals surface area contributed by atoms with Gasteiger partial charge in [-0.2, -0.15) is 13.2 Å². The number of halogens is 3. The highest BCUT2D eigenvalue weighted by molar-refractivity contribution is 6.03. The fourth-order valence-electron chi connectivity index (χ4n) is 10.00. The van der Waals surface area contributed by atoms with Crippen molar-refractivity contribution in [1.82, 2.24) is 46.8 Å². The number of nitrogens with one attached hydrogen (secondary N) is 7. The van der Waals surface area contributed by atoms with Crippen LogP contribution in [0.2, 0.25) is 0 Å². The number of hydrogen-bond acceptors (Lipinski definition) is 17. The second kappa shape index (κ2) is 31.1. The minimum absolute atomic E-state index is 0.00398. The number of rotatable bonds is 21. The van der Waals surface area contributed by atoms with Gasteiger partial charge in [-0.3, -0.25) is 48.1 Å².